The van der Waals surface area contributed by atoms with Gasteiger partial charge in [0.25, 0.3) is 0 Å². The Morgan fingerprint density at radius 1 is 0.925 bits per heavy atom. The fraction of sp³-hybridized carbons (Fsp3) is 0.462. The zero-order valence-electron chi connectivity index (χ0n) is 31.3. The Labute approximate surface area is 327 Å². The topological polar surface area (TPSA) is 141 Å². The summed E-state index contributed by atoms with van der Waals surface area (Å²) in [5.41, 5.74) is 0.222. The molecule has 11 nitrogen and oxygen atoms in total. The van der Waals surface area contributed by atoms with Crippen LogP contribution in [0.3, 0.4) is 0 Å². The zero-order chi connectivity index (χ0) is 39.4. The molecule has 1 aromatic heterocycles. The molecule has 3 rings (SSSR count). The van der Waals surface area contributed by atoms with Gasteiger partial charge in [-0.2, -0.15) is 0 Å². The molecule has 3 atom stereocenters. The number of unbranched alkanes of at least 4 members (excludes halogenated alkanes) is 1. The highest BCUT2D eigenvalue weighted by molar-refractivity contribution is 6.42. The summed E-state index contributed by atoms with van der Waals surface area (Å²) in [7, 11) is 0. The average molecular weight is 791 g/mol. The number of carbonyl (C=O) groups excluding carboxylic acids is 4. The van der Waals surface area contributed by atoms with Gasteiger partial charge in [-0.15, -0.1) is 11.6 Å². The van der Waals surface area contributed by atoms with Crippen LogP contribution in [-0.2, 0) is 36.9 Å². The predicted octanol–water partition coefficient (Wildman–Crippen LogP) is 7.76. The van der Waals surface area contributed by atoms with Crippen molar-refractivity contribution in [2.75, 3.05) is 6.54 Å². The summed E-state index contributed by atoms with van der Waals surface area (Å²) in [4.78, 5) is 54.9. The van der Waals surface area contributed by atoms with Crippen molar-refractivity contribution in [3.05, 3.63) is 100 Å². The normalized spacial score (nSPS) is 14.2. The first-order valence-electron chi connectivity index (χ1n) is 17.4. The SMILES string of the molecule is C[C@H](NC(=O)[C@H](CCCCN/C=C/Cc1cn(CC(Cl)(C(=O)c2ccc(Cl)cc2Cl)c2ccccc2)cn1)NC(=O)OC(C)(C)C)C(=O)OC(C)(C)C. The van der Waals surface area contributed by atoms with Crippen LogP contribution in [0, 0.1) is 0 Å². The summed E-state index contributed by atoms with van der Waals surface area (Å²) < 4.78 is 12.5. The van der Waals surface area contributed by atoms with Crippen LogP contribution in [0.4, 0.5) is 4.79 Å². The quantitative estimate of drug-likeness (QED) is 0.0546. The molecule has 288 valence electrons. The monoisotopic (exact) mass is 789 g/mol. The first-order valence-corrected chi connectivity index (χ1v) is 18.6. The molecule has 0 spiro atoms. The summed E-state index contributed by atoms with van der Waals surface area (Å²) >= 11 is 19.6. The van der Waals surface area contributed by atoms with E-state index in [9.17, 15) is 19.2 Å². The molecule has 0 aliphatic rings. The zero-order valence-corrected chi connectivity index (χ0v) is 33.6. The Kier molecular flexibility index (Phi) is 15.8. The summed E-state index contributed by atoms with van der Waals surface area (Å²) in [5, 5.41) is 9.15. The molecule has 53 heavy (non-hydrogen) atoms. The van der Waals surface area contributed by atoms with E-state index in [4.69, 9.17) is 44.3 Å². The Morgan fingerprint density at radius 2 is 1.60 bits per heavy atom. The maximum absolute atomic E-state index is 13.8. The van der Waals surface area contributed by atoms with Crippen LogP contribution in [0.5, 0.6) is 0 Å². The number of alkyl halides is 1. The number of nitrogens with zero attached hydrogens (tertiary/aromatic N) is 2. The molecule has 3 N–H and O–H groups in total. The van der Waals surface area contributed by atoms with E-state index in [1.165, 1.54) is 13.0 Å². The minimum atomic E-state index is -1.45. The fourth-order valence-electron chi connectivity index (χ4n) is 5.14. The standard InChI is InChI=1S/C39H50Cl3N5O6/c1-26(35(50)52-37(2,3)4)45-34(49)32(46-36(51)53-38(5,6)7)17-11-12-20-43-21-13-16-29-23-47(25-44-29)24-39(42,27-14-9-8-10-15-27)33(48)30-19-18-28(40)22-31(30)41/h8-10,13-15,18-19,21-23,25-26,32,43H,11-12,16-17,20,24H2,1-7H3,(H,45,49)(H,46,51)/b21-13+/t26-,32-,39?/m0/s1. The number of nitrogens with one attached hydrogen (secondary N) is 3. The van der Waals surface area contributed by atoms with E-state index in [1.807, 2.05) is 36.7 Å². The lowest BCUT2D eigenvalue weighted by Crippen LogP contribution is -2.52. The van der Waals surface area contributed by atoms with Crippen molar-refractivity contribution in [1.82, 2.24) is 25.5 Å². The lowest BCUT2D eigenvalue weighted by Gasteiger charge is -2.27. The van der Waals surface area contributed by atoms with E-state index in [0.29, 0.717) is 42.8 Å². The number of alkyl carbamates (subject to hydrolysis) is 1. The van der Waals surface area contributed by atoms with Gasteiger partial charge in [0.15, 0.2) is 10.7 Å². The van der Waals surface area contributed by atoms with Crippen LogP contribution in [-0.4, -0.2) is 63.1 Å². The second-order valence-electron chi connectivity index (χ2n) is 14.7. The lowest BCUT2D eigenvalue weighted by atomic mass is 9.89. The van der Waals surface area contributed by atoms with E-state index in [0.717, 1.165) is 5.69 Å². The van der Waals surface area contributed by atoms with Gasteiger partial charge in [-0.1, -0.05) is 59.6 Å². The predicted molar refractivity (Wildman–Crippen MR) is 208 cm³/mol. The molecule has 1 heterocycles. The molecule has 0 aliphatic carbocycles. The van der Waals surface area contributed by atoms with Crippen LogP contribution in [0.15, 0.2) is 73.3 Å². The number of amides is 2. The van der Waals surface area contributed by atoms with E-state index in [-0.39, 0.29) is 22.9 Å². The number of carbonyl (C=O) groups is 4. The number of hydrogen-bond acceptors (Lipinski definition) is 8. The van der Waals surface area contributed by atoms with Crippen molar-refractivity contribution in [3.8, 4) is 0 Å². The van der Waals surface area contributed by atoms with Gasteiger partial charge in [0.2, 0.25) is 5.91 Å². The minimum absolute atomic E-state index is 0.118. The van der Waals surface area contributed by atoms with Crippen LogP contribution < -0.4 is 16.0 Å². The third kappa shape index (κ3) is 14.4. The molecule has 0 saturated heterocycles. The van der Waals surface area contributed by atoms with Gasteiger partial charge in [-0.05, 0) is 97.7 Å². The molecule has 14 heteroatoms. The highest BCUT2D eigenvalue weighted by Gasteiger charge is 2.40. The molecule has 0 aliphatic heterocycles. The summed E-state index contributed by atoms with van der Waals surface area (Å²) in [6.07, 6.45) is 8.65. The van der Waals surface area contributed by atoms with Gasteiger partial charge in [0.05, 0.1) is 23.6 Å². The van der Waals surface area contributed by atoms with Crippen molar-refractivity contribution < 1.29 is 28.7 Å². The molecule has 1 unspecified atom stereocenters. The van der Waals surface area contributed by atoms with Gasteiger partial charge in [0.1, 0.15) is 23.3 Å². The van der Waals surface area contributed by atoms with Crippen molar-refractivity contribution in [2.24, 2.45) is 0 Å². The van der Waals surface area contributed by atoms with Gasteiger partial charge in [0, 0.05) is 29.7 Å². The number of benzene rings is 2. The summed E-state index contributed by atoms with van der Waals surface area (Å²) in [5.74, 6) is -1.43. The Hall–Kier alpha value is -4.06. The van der Waals surface area contributed by atoms with Gasteiger partial charge >= 0.3 is 12.1 Å². The summed E-state index contributed by atoms with van der Waals surface area (Å²) in [6.45, 7) is 12.7. The van der Waals surface area contributed by atoms with Gasteiger partial charge in [-0.25, -0.2) is 14.6 Å². The van der Waals surface area contributed by atoms with Crippen molar-refractivity contribution in [1.29, 1.82) is 0 Å². The second-order valence-corrected chi connectivity index (χ2v) is 16.2. The van der Waals surface area contributed by atoms with Crippen molar-refractivity contribution in [3.63, 3.8) is 0 Å². The number of ether oxygens (including phenoxy) is 2. The summed E-state index contributed by atoms with van der Waals surface area (Å²) in [6, 6.07) is 12.0. The highest BCUT2D eigenvalue weighted by Crippen LogP contribution is 2.37. The lowest BCUT2D eigenvalue weighted by molar-refractivity contribution is -0.158. The van der Waals surface area contributed by atoms with Crippen molar-refractivity contribution in [2.45, 2.75) is 109 Å². The molecule has 0 saturated carbocycles. The molecule has 0 fully saturated rings. The minimum Gasteiger partial charge on any atom is -0.458 e. The number of ketones is 1. The molecule has 2 aromatic carbocycles. The third-order valence-corrected chi connectivity index (χ3v) is 8.66. The number of rotatable bonds is 17. The number of imidazole rings is 1. The van der Waals surface area contributed by atoms with Crippen LogP contribution in [0.25, 0.3) is 0 Å². The number of hydrogen-bond donors (Lipinski definition) is 3. The molecule has 0 radical (unpaired) electrons. The van der Waals surface area contributed by atoms with E-state index >= 15 is 0 Å². The Bertz CT molecular complexity index is 1730. The first kappa shape index (κ1) is 43.3. The number of allylic oxidation sites excluding steroid dienone is 1. The van der Waals surface area contributed by atoms with Crippen molar-refractivity contribution >= 4 is 58.6 Å². The largest absolute Gasteiger partial charge is 0.458 e. The number of aromatic nitrogens is 2. The molecule has 0 bridgehead atoms. The smallest absolute Gasteiger partial charge is 0.408 e. The van der Waals surface area contributed by atoms with E-state index in [1.54, 1.807) is 76.7 Å². The van der Waals surface area contributed by atoms with E-state index in [2.05, 4.69) is 20.9 Å². The number of Topliss-reactive ketones (excluding diaryl/α,β-unsaturated/α-hetero) is 1. The van der Waals surface area contributed by atoms with Crippen LogP contribution in [0.1, 0.15) is 89.3 Å². The molecule has 3 aromatic rings. The fourth-order valence-corrected chi connectivity index (χ4v) is 6.00. The van der Waals surface area contributed by atoms with Crippen LogP contribution >= 0.6 is 34.8 Å². The third-order valence-electron chi connectivity index (χ3n) is 7.61. The van der Waals surface area contributed by atoms with Gasteiger partial charge in [-0.3, -0.25) is 9.59 Å². The maximum Gasteiger partial charge on any atom is 0.408 e. The highest BCUT2D eigenvalue weighted by atomic mass is 35.5. The molecular weight excluding hydrogens is 741 g/mol. The number of halogens is 3. The van der Waals surface area contributed by atoms with Crippen LogP contribution in [0.2, 0.25) is 10.0 Å². The van der Waals surface area contributed by atoms with Gasteiger partial charge < -0.3 is 30.0 Å². The maximum atomic E-state index is 13.8. The Morgan fingerprint density at radius 3 is 2.25 bits per heavy atom. The second kappa shape index (κ2) is 19.3. The molecular formula is C39H50Cl3N5O6. The Balaban J connectivity index is 1.54. The average Bonchev–Trinajstić information content (AvgIpc) is 3.50. The first-order chi connectivity index (χ1) is 24.8. The molecule has 2 amide bonds. The van der Waals surface area contributed by atoms with E-state index < -0.39 is 46.1 Å². The number of esters is 1.